The van der Waals surface area contributed by atoms with Crippen LogP contribution in [0.4, 0.5) is 4.39 Å². The van der Waals surface area contributed by atoms with Crippen molar-refractivity contribution in [1.82, 2.24) is 9.97 Å². The van der Waals surface area contributed by atoms with E-state index < -0.39 is 5.83 Å². The number of nitrogens with zero attached hydrogens (tertiary/aromatic N) is 2. The van der Waals surface area contributed by atoms with Gasteiger partial charge in [-0.3, -0.25) is 0 Å². The van der Waals surface area contributed by atoms with Gasteiger partial charge in [0, 0.05) is 23.5 Å². The van der Waals surface area contributed by atoms with Crippen molar-refractivity contribution in [3.8, 4) is 11.4 Å². The number of rotatable bonds is 3. The molecule has 3 nitrogen and oxygen atoms in total. The second-order valence-corrected chi connectivity index (χ2v) is 4.45. The summed E-state index contributed by atoms with van der Waals surface area (Å²) in [6, 6.07) is 6.73. The summed E-state index contributed by atoms with van der Waals surface area (Å²) in [5.74, 6) is 0.136. The zero-order chi connectivity index (χ0) is 13.0. The van der Waals surface area contributed by atoms with Gasteiger partial charge in [0.05, 0.1) is 11.1 Å². The second-order valence-electron chi connectivity index (χ2n) is 3.54. The van der Waals surface area contributed by atoms with Gasteiger partial charge < -0.3 is 5.11 Å². The summed E-state index contributed by atoms with van der Waals surface area (Å²) < 4.78 is 14.2. The molecule has 2 aromatic rings. The molecule has 0 aliphatic carbocycles. The maximum atomic E-state index is 13.4. The highest BCUT2D eigenvalue weighted by Gasteiger charge is 2.03. The molecule has 0 radical (unpaired) electrons. The van der Waals surface area contributed by atoms with E-state index >= 15 is 0 Å². The van der Waals surface area contributed by atoms with E-state index in [9.17, 15) is 4.39 Å². The van der Waals surface area contributed by atoms with Crippen molar-refractivity contribution in [1.29, 1.82) is 0 Å². The summed E-state index contributed by atoms with van der Waals surface area (Å²) in [4.78, 5) is 8.31. The predicted octanol–water partition coefficient (Wildman–Crippen LogP) is 3.21. The minimum atomic E-state index is -0.444. The monoisotopic (exact) mass is 308 g/mol. The molecule has 1 N–H and O–H groups in total. The van der Waals surface area contributed by atoms with Gasteiger partial charge in [-0.2, -0.15) is 0 Å². The molecule has 0 fully saturated rings. The Morgan fingerprint density at radius 3 is 2.39 bits per heavy atom. The molecule has 5 heteroatoms. The molecule has 2 rings (SSSR count). The van der Waals surface area contributed by atoms with E-state index in [0.717, 1.165) is 16.1 Å². The first-order chi connectivity index (χ1) is 8.70. The first kappa shape index (κ1) is 12.9. The van der Waals surface area contributed by atoms with Gasteiger partial charge in [-0.05, 0) is 22.0 Å². The molecule has 0 saturated heterocycles. The van der Waals surface area contributed by atoms with Crippen LogP contribution in [0.5, 0.6) is 0 Å². The van der Waals surface area contributed by atoms with E-state index in [1.54, 1.807) is 36.7 Å². The highest BCUT2D eigenvalue weighted by molar-refractivity contribution is 9.10. The van der Waals surface area contributed by atoms with E-state index in [1.165, 1.54) is 0 Å². The zero-order valence-electron chi connectivity index (χ0n) is 9.35. The molecular formula is C13H10BrFN2O. The van der Waals surface area contributed by atoms with Crippen LogP contribution < -0.4 is 0 Å². The standard InChI is InChI=1S/C13H10BrFN2O/c14-11-7-16-13(17-8-11)10-3-1-9(2-4-10)12(15)5-6-18/h1-5,7-8,18H,6H2/b12-5-. The van der Waals surface area contributed by atoms with Crippen LogP contribution in [-0.2, 0) is 0 Å². The average Bonchev–Trinajstić information content (AvgIpc) is 2.40. The number of hydrogen-bond donors (Lipinski definition) is 1. The maximum absolute atomic E-state index is 13.4. The summed E-state index contributed by atoms with van der Waals surface area (Å²) in [7, 11) is 0. The van der Waals surface area contributed by atoms with Crippen LogP contribution in [-0.4, -0.2) is 21.7 Å². The lowest BCUT2D eigenvalue weighted by atomic mass is 10.1. The van der Waals surface area contributed by atoms with E-state index in [4.69, 9.17) is 5.11 Å². The molecule has 0 saturated carbocycles. The Hall–Kier alpha value is -1.59. The van der Waals surface area contributed by atoms with E-state index in [0.29, 0.717) is 11.4 Å². The van der Waals surface area contributed by atoms with Crippen LogP contribution in [0, 0.1) is 0 Å². The van der Waals surface area contributed by atoms with Crippen LogP contribution in [0.25, 0.3) is 17.2 Å². The minimum absolute atomic E-state index is 0.316. The van der Waals surface area contributed by atoms with E-state index in [-0.39, 0.29) is 6.61 Å². The van der Waals surface area contributed by atoms with Gasteiger partial charge >= 0.3 is 0 Å². The van der Waals surface area contributed by atoms with Crippen molar-refractivity contribution < 1.29 is 9.50 Å². The number of hydrogen-bond acceptors (Lipinski definition) is 3. The fourth-order valence-corrected chi connectivity index (χ4v) is 1.64. The van der Waals surface area contributed by atoms with Gasteiger partial charge in [0.25, 0.3) is 0 Å². The largest absolute Gasteiger partial charge is 0.392 e. The highest BCUT2D eigenvalue weighted by atomic mass is 79.9. The lowest BCUT2D eigenvalue weighted by molar-refractivity contribution is 0.342. The van der Waals surface area contributed by atoms with Gasteiger partial charge in [0.1, 0.15) is 5.83 Å². The van der Waals surface area contributed by atoms with Crippen LogP contribution in [0.2, 0.25) is 0 Å². The van der Waals surface area contributed by atoms with Gasteiger partial charge in [0.2, 0.25) is 0 Å². The first-order valence-electron chi connectivity index (χ1n) is 5.25. The molecule has 1 aromatic carbocycles. The Balaban J connectivity index is 2.27. The summed E-state index contributed by atoms with van der Waals surface area (Å²) in [6.45, 7) is -0.316. The molecule has 0 unspecified atom stereocenters. The topological polar surface area (TPSA) is 46.0 Å². The van der Waals surface area contributed by atoms with Gasteiger partial charge in [-0.25, -0.2) is 14.4 Å². The molecule has 0 bridgehead atoms. The number of halogens is 2. The number of aliphatic hydroxyl groups is 1. The third kappa shape index (κ3) is 3.00. The van der Waals surface area contributed by atoms with Gasteiger partial charge in [0.15, 0.2) is 5.82 Å². The van der Waals surface area contributed by atoms with Crippen molar-refractivity contribution in [3.63, 3.8) is 0 Å². The van der Waals surface area contributed by atoms with E-state index in [2.05, 4.69) is 25.9 Å². The summed E-state index contributed by atoms with van der Waals surface area (Å²) in [5.41, 5.74) is 1.23. The van der Waals surface area contributed by atoms with Crippen molar-refractivity contribution in [2.45, 2.75) is 0 Å². The fraction of sp³-hybridized carbons (Fsp3) is 0.0769. The third-order valence-electron chi connectivity index (χ3n) is 2.31. The van der Waals surface area contributed by atoms with Crippen molar-refractivity contribution >= 4 is 21.8 Å². The smallest absolute Gasteiger partial charge is 0.159 e. The molecule has 0 atom stereocenters. The zero-order valence-corrected chi connectivity index (χ0v) is 10.9. The first-order valence-corrected chi connectivity index (χ1v) is 6.05. The molecule has 1 aromatic heterocycles. The molecule has 0 spiro atoms. The second kappa shape index (κ2) is 5.84. The Labute approximate surface area is 112 Å². The molecule has 92 valence electrons. The molecule has 0 amide bonds. The van der Waals surface area contributed by atoms with Crippen LogP contribution in [0.3, 0.4) is 0 Å². The Morgan fingerprint density at radius 1 is 1.22 bits per heavy atom. The van der Waals surface area contributed by atoms with Crippen LogP contribution in [0.15, 0.2) is 47.2 Å². The lowest BCUT2D eigenvalue weighted by Gasteiger charge is -2.02. The number of aliphatic hydroxyl groups excluding tert-OH is 1. The normalized spacial score (nSPS) is 11.6. The molecule has 0 aliphatic rings. The Bertz CT molecular complexity index is 552. The molecular weight excluding hydrogens is 299 g/mol. The van der Waals surface area contributed by atoms with Crippen LogP contribution in [0.1, 0.15) is 5.56 Å². The summed E-state index contributed by atoms with van der Waals surface area (Å²) >= 11 is 3.26. The quantitative estimate of drug-likeness (QED) is 0.947. The third-order valence-corrected chi connectivity index (χ3v) is 2.72. The summed E-state index contributed by atoms with van der Waals surface area (Å²) in [5, 5.41) is 8.62. The van der Waals surface area contributed by atoms with Gasteiger partial charge in [-0.15, -0.1) is 0 Å². The Kier molecular flexibility index (Phi) is 4.17. The lowest BCUT2D eigenvalue weighted by Crippen LogP contribution is -1.88. The molecule has 18 heavy (non-hydrogen) atoms. The Morgan fingerprint density at radius 2 is 1.83 bits per heavy atom. The maximum Gasteiger partial charge on any atom is 0.159 e. The molecule has 0 aliphatic heterocycles. The molecule has 1 heterocycles. The predicted molar refractivity (Wildman–Crippen MR) is 71.3 cm³/mol. The van der Waals surface area contributed by atoms with Crippen molar-refractivity contribution in [3.05, 3.63) is 52.8 Å². The number of benzene rings is 1. The summed E-state index contributed by atoms with van der Waals surface area (Å²) in [6.07, 6.45) is 4.43. The van der Waals surface area contributed by atoms with Crippen molar-refractivity contribution in [2.75, 3.05) is 6.61 Å². The van der Waals surface area contributed by atoms with Crippen LogP contribution >= 0.6 is 15.9 Å². The minimum Gasteiger partial charge on any atom is -0.392 e. The fourth-order valence-electron chi connectivity index (χ4n) is 1.44. The van der Waals surface area contributed by atoms with Gasteiger partial charge in [-0.1, -0.05) is 24.3 Å². The average molecular weight is 309 g/mol. The van der Waals surface area contributed by atoms with Crippen molar-refractivity contribution in [2.24, 2.45) is 0 Å². The van der Waals surface area contributed by atoms with E-state index in [1.807, 2.05) is 0 Å². The SMILES string of the molecule is OC/C=C(\F)c1ccc(-c2ncc(Br)cn2)cc1. The number of aromatic nitrogens is 2. The highest BCUT2D eigenvalue weighted by Crippen LogP contribution is 2.21.